The van der Waals surface area contributed by atoms with Gasteiger partial charge in [-0.05, 0) is 27.3 Å². The molecule has 96 valence electrons. The summed E-state index contributed by atoms with van der Waals surface area (Å²) < 4.78 is 6.55. The summed E-state index contributed by atoms with van der Waals surface area (Å²) in [5, 5.41) is 7.75. The molecular formula is C11H18ClN3O2. The largest absolute Gasteiger partial charge is 0.468 e. The Morgan fingerprint density at radius 3 is 2.76 bits per heavy atom. The van der Waals surface area contributed by atoms with E-state index >= 15 is 0 Å². The van der Waals surface area contributed by atoms with E-state index in [2.05, 4.69) is 10.4 Å². The maximum absolute atomic E-state index is 11.6. The summed E-state index contributed by atoms with van der Waals surface area (Å²) in [5.41, 5.74) is 0.189. The first-order valence-corrected chi connectivity index (χ1v) is 5.77. The van der Waals surface area contributed by atoms with E-state index < -0.39 is 5.54 Å². The van der Waals surface area contributed by atoms with Crippen LogP contribution in [0.1, 0.15) is 19.0 Å². The van der Waals surface area contributed by atoms with Crippen LogP contribution >= 0.6 is 11.6 Å². The molecule has 0 fully saturated rings. The van der Waals surface area contributed by atoms with Gasteiger partial charge in [-0.2, -0.15) is 5.10 Å². The second-order valence-corrected chi connectivity index (χ2v) is 4.53. The summed E-state index contributed by atoms with van der Waals surface area (Å²) in [6.07, 6.45) is 2.18. The first-order chi connectivity index (χ1) is 7.94. The Morgan fingerprint density at radius 1 is 1.71 bits per heavy atom. The van der Waals surface area contributed by atoms with Gasteiger partial charge in [-0.3, -0.25) is 9.48 Å². The fraction of sp³-hybridized carbons (Fsp3) is 0.636. The van der Waals surface area contributed by atoms with Gasteiger partial charge in [0.25, 0.3) is 0 Å². The zero-order chi connectivity index (χ0) is 13.1. The highest BCUT2D eigenvalue weighted by Gasteiger charge is 2.32. The number of carbonyl (C=O) groups excluding carboxylic acids is 1. The van der Waals surface area contributed by atoms with E-state index in [1.807, 2.05) is 6.92 Å². The number of aromatic nitrogens is 2. The number of nitrogens with zero attached hydrogens (tertiary/aromatic N) is 2. The maximum Gasteiger partial charge on any atom is 0.325 e. The van der Waals surface area contributed by atoms with Crippen LogP contribution in [0.4, 0.5) is 0 Å². The van der Waals surface area contributed by atoms with Crippen molar-refractivity contribution in [2.75, 3.05) is 14.2 Å². The number of halogens is 1. The molecule has 5 nitrogen and oxygen atoms in total. The third-order valence-corrected chi connectivity index (χ3v) is 3.43. The molecule has 17 heavy (non-hydrogen) atoms. The lowest BCUT2D eigenvalue weighted by Crippen LogP contribution is -2.49. The second-order valence-electron chi connectivity index (χ2n) is 4.12. The normalized spacial score (nSPS) is 14.4. The molecule has 0 amide bonds. The van der Waals surface area contributed by atoms with Gasteiger partial charge >= 0.3 is 5.97 Å². The molecule has 1 heterocycles. The molecule has 0 radical (unpaired) electrons. The fourth-order valence-corrected chi connectivity index (χ4v) is 1.67. The lowest BCUT2D eigenvalue weighted by Gasteiger charge is -2.26. The molecule has 0 bridgehead atoms. The van der Waals surface area contributed by atoms with Crippen molar-refractivity contribution in [3.8, 4) is 0 Å². The van der Waals surface area contributed by atoms with Gasteiger partial charge in [0.2, 0.25) is 0 Å². The van der Waals surface area contributed by atoms with E-state index in [1.165, 1.54) is 7.11 Å². The van der Waals surface area contributed by atoms with E-state index in [1.54, 1.807) is 24.9 Å². The predicted octanol–water partition coefficient (Wildman–Crippen LogP) is 1.39. The Kier molecular flexibility index (Phi) is 4.54. The summed E-state index contributed by atoms with van der Waals surface area (Å²) in [6, 6.07) is 0. The molecule has 1 atom stereocenters. The minimum Gasteiger partial charge on any atom is -0.468 e. The molecule has 0 aliphatic rings. The van der Waals surface area contributed by atoms with E-state index in [4.69, 9.17) is 16.3 Å². The molecule has 6 heteroatoms. The van der Waals surface area contributed by atoms with Crippen LogP contribution in [0.3, 0.4) is 0 Å². The van der Waals surface area contributed by atoms with Gasteiger partial charge in [-0.15, -0.1) is 0 Å². The molecule has 0 saturated carbocycles. The van der Waals surface area contributed by atoms with Crippen LogP contribution in [0.25, 0.3) is 0 Å². The lowest BCUT2D eigenvalue weighted by molar-refractivity contribution is -0.148. The number of esters is 1. The zero-order valence-electron chi connectivity index (χ0n) is 10.6. The highest BCUT2D eigenvalue weighted by Crippen LogP contribution is 2.17. The van der Waals surface area contributed by atoms with Crippen LogP contribution in [0.2, 0.25) is 5.02 Å². The molecule has 0 spiro atoms. The highest BCUT2D eigenvalue weighted by molar-refractivity contribution is 6.31. The molecule has 0 saturated heterocycles. The Bertz CT molecular complexity index is 405. The van der Waals surface area contributed by atoms with Gasteiger partial charge < -0.3 is 10.1 Å². The molecule has 1 aromatic rings. The third kappa shape index (κ3) is 2.98. The summed E-state index contributed by atoms with van der Waals surface area (Å²) in [5.74, 6) is -0.282. The lowest BCUT2D eigenvalue weighted by atomic mass is 9.98. The average molecular weight is 260 g/mol. The number of ether oxygens (including phenoxy) is 1. The monoisotopic (exact) mass is 259 g/mol. The first kappa shape index (κ1) is 14.0. The van der Waals surface area contributed by atoms with Gasteiger partial charge in [0.15, 0.2) is 0 Å². The zero-order valence-corrected chi connectivity index (χ0v) is 11.3. The van der Waals surface area contributed by atoms with Crippen LogP contribution < -0.4 is 5.32 Å². The summed E-state index contributed by atoms with van der Waals surface area (Å²) in [4.78, 5) is 11.6. The van der Waals surface area contributed by atoms with E-state index in [0.717, 1.165) is 5.69 Å². The van der Waals surface area contributed by atoms with Gasteiger partial charge in [-0.25, -0.2) is 0 Å². The van der Waals surface area contributed by atoms with Crippen LogP contribution in [0.15, 0.2) is 6.20 Å². The summed E-state index contributed by atoms with van der Waals surface area (Å²) in [7, 11) is 3.12. The molecule has 1 N–H and O–H groups in total. The molecule has 1 rings (SSSR count). The SMILES string of the molecule is CNC(C)(CCn1ncc(Cl)c1C)C(=O)OC. The highest BCUT2D eigenvalue weighted by atomic mass is 35.5. The average Bonchev–Trinajstić information content (AvgIpc) is 2.66. The molecule has 0 aromatic carbocycles. The van der Waals surface area contributed by atoms with Crippen molar-refractivity contribution < 1.29 is 9.53 Å². The molecule has 0 aliphatic heterocycles. The number of nitrogens with one attached hydrogen (secondary N) is 1. The van der Waals surface area contributed by atoms with Crippen molar-refractivity contribution in [2.24, 2.45) is 0 Å². The van der Waals surface area contributed by atoms with Crippen molar-refractivity contribution in [3.05, 3.63) is 16.9 Å². The van der Waals surface area contributed by atoms with Crippen LogP contribution in [0, 0.1) is 6.92 Å². The number of methoxy groups -OCH3 is 1. The van der Waals surface area contributed by atoms with Crippen molar-refractivity contribution in [2.45, 2.75) is 32.4 Å². The van der Waals surface area contributed by atoms with Gasteiger partial charge in [0, 0.05) is 6.54 Å². The van der Waals surface area contributed by atoms with Crippen LogP contribution in [0.5, 0.6) is 0 Å². The number of likely N-dealkylation sites (N-methyl/N-ethyl adjacent to an activating group) is 1. The van der Waals surface area contributed by atoms with Gasteiger partial charge in [0.1, 0.15) is 5.54 Å². The predicted molar refractivity (Wildman–Crippen MR) is 66.1 cm³/mol. The van der Waals surface area contributed by atoms with Crippen LogP contribution in [-0.2, 0) is 16.1 Å². The topological polar surface area (TPSA) is 56.2 Å². The molecule has 1 aromatic heterocycles. The van der Waals surface area contributed by atoms with E-state index in [-0.39, 0.29) is 5.97 Å². The molecule has 1 unspecified atom stereocenters. The van der Waals surface area contributed by atoms with E-state index in [9.17, 15) is 4.79 Å². The minimum atomic E-state index is -0.709. The number of hydrogen-bond donors (Lipinski definition) is 1. The quantitative estimate of drug-likeness (QED) is 0.812. The standard InChI is InChI=1S/C11H18ClN3O2/c1-8-9(12)7-14-15(8)6-5-11(2,13-3)10(16)17-4/h7,13H,5-6H2,1-4H3. The van der Waals surface area contributed by atoms with Crippen molar-refractivity contribution in [3.63, 3.8) is 0 Å². The second kappa shape index (κ2) is 5.51. The van der Waals surface area contributed by atoms with Crippen molar-refractivity contribution in [1.82, 2.24) is 15.1 Å². The number of carbonyl (C=O) groups is 1. The molecule has 0 aliphatic carbocycles. The summed E-state index contributed by atoms with van der Waals surface area (Å²) in [6.45, 7) is 4.30. The van der Waals surface area contributed by atoms with Gasteiger partial charge in [-0.1, -0.05) is 11.6 Å². The van der Waals surface area contributed by atoms with Crippen molar-refractivity contribution >= 4 is 17.6 Å². The Hall–Kier alpha value is -1.07. The fourth-order valence-electron chi connectivity index (χ4n) is 1.53. The Morgan fingerprint density at radius 2 is 2.35 bits per heavy atom. The maximum atomic E-state index is 11.6. The molecular weight excluding hydrogens is 242 g/mol. The van der Waals surface area contributed by atoms with Crippen LogP contribution in [-0.4, -0.2) is 35.4 Å². The smallest absolute Gasteiger partial charge is 0.325 e. The Labute approximate surface area is 106 Å². The van der Waals surface area contributed by atoms with Crippen molar-refractivity contribution in [1.29, 1.82) is 0 Å². The number of aryl methyl sites for hydroxylation is 1. The van der Waals surface area contributed by atoms with E-state index in [0.29, 0.717) is 18.0 Å². The third-order valence-electron chi connectivity index (χ3n) is 3.05. The number of hydrogen-bond acceptors (Lipinski definition) is 4. The minimum absolute atomic E-state index is 0.282. The van der Waals surface area contributed by atoms with Gasteiger partial charge in [0.05, 0.1) is 24.0 Å². The Balaban J connectivity index is 2.71. The summed E-state index contributed by atoms with van der Waals surface area (Å²) >= 11 is 5.91. The number of rotatable bonds is 5. The first-order valence-electron chi connectivity index (χ1n) is 5.40.